The fourth-order valence-electron chi connectivity index (χ4n) is 3.73. The average Bonchev–Trinajstić information content (AvgIpc) is 2.76. The van der Waals surface area contributed by atoms with E-state index in [1.807, 2.05) is 0 Å². The van der Waals surface area contributed by atoms with Crippen LogP contribution in [0.2, 0.25) is 5.02 Å². The maximum Gasteiger partial charge on any atom is 0.261 e. The summed E-state index contributed by atoms with van der Waals surface area (Å²) in [5.41, 5.74) is 0.652. The van der Waals surface area contributed by atoms with Gasteiger partial charge in [0.2, 0.25) is 0 Å². The molecule has 0 saturated carbocycles. The molecule has 0 spiro atoms. The molecule has 2 aromatic carbocycles. The van der Waals surface area contributed by atoms with Crippen molar-refractivity contribution >= 4 is 33.2 Å². The molecule has 1 heterocycles. The number of halogens is 1. The maximum atomic E-state index is 12.8. The molecular formula is C23H30ClN3O4S. The molecule has 32 heavy (non-hydrogen) atoms. The second-order valence-electron chi connectivity index (χ2n) is 8.29. The van der Waals surface area contributed by atoms with Gasteiger partial charge in [-0.05, 0) is 48.7 Å². The molecule has 2 N–H and O–H groups in total. The predicted octanol–water partition coefficient (Wildman–Crippen LogP) is 3.62. The lowest BCUT2D eigenvalue weighted by Gasteiger charge is -2.35. The van der Waals surface area contributed by atoms with Gasteiger partial charge in [-0.2, -0.15) is 0 Å². The van der Waals surface area contributed by atoms with Crippen molar-refractivity contribution in [3.05, 3.63) is 59.1 Å². The third-order valence-electron chi connectivity index (χ3n) is 5.29. The van der Waals surface area contributed by atoms with Crippen molar-refractivity contribution in [1.29, 1.82) is 0 Å². The standard InChI is InChI=1S/C23H30ClN3O4S/c1-17(2)13-21(27-9-11-31-12-10-27)16-25-23(28)18-5-3-8-22(14-18)32(29,30)26-20-7-4-6-19(24)15-20/h3-8,14-15,17,21,26H,9-13,16H2,1-2H3,(H,25,28). The average molecular weight is 480 g/mol. The van der Waals surface area contributed by atoms with Crippen molar-refractivity contribution in [3.63, 3.8) is 0 Å². The number of benzene rings is 2. The van der Waals surface area contributed by atoms with Gasteiger partial charge in [0.25, 0.3) is 15.9 Å². The minimum Gasteiger partial charge on any atom is -0.379 e. The number of amides is 1. The van der Waals surface area contributed by atoms with Gasteiger partial charge in [-0.1, -0.05) is 37.6 Å². The third-order valence-corrected chi connectivity index (χ3v) is 6.90. The molecular weight excluding hydrogens is 450 g/mol. The number of ether oxygens (including phenoxy) is 1. The first kappa shape index (κ1) is 24.5. The number of hydrogen-bond acceptors (Lipinski definition) is 5. The molecule has 0 bridgehead atoms. The van der Waals surface area contributed by atoms with Gasteiger partial charge in [0.05, 0.1) is 23.8 Å². The Hall–Kier alpha value is -2.13. The Balaban J connectivity index is 1.68. The highest BCUT2D eigenvalue weighted by molar-refractivity contribution is 7.92. The van der Waals surface area contributed by atoms with Gasteiger partial charge in [0.15, 0.2) is 0 Å². The molecule has 0 radical (unpaired) electrons. The largest absolute Gasteiger partial charge is 0.379 e. The summed E-state index contributed by atoms with van der Waals surface area (Å²) >= 11 is 5.94. The van der Waals surface area contributed by atoms with E-state index in [0.717, 1.165) is 19.5 Å². The molecule has 1 aliphatic heterocycles. The summed E-state index contributed by atoms with van der Waals surface area (Å²) in [6.07, 6.45) is 0.957. The van der Waals surface area contributed by atoms with E-state index in [0.29, 0.717) is 41.9 Å². The monoisotopic (exact) mass is 479 g/mol. The Morgan fingerprint density at radius 3 is 2.53 bits per heavy atom. The van der Waals surface area contributed by atoms with Crippen LogP contribution in [-0.4, -0.2) is 58.1 Å². The Morgan fingerprint density at radius 1 is 1.12 bits per heavy atom. The van der Waals surface area contributed by atoms with Crippen molar-refractivity contribution in [2.24, 2.45) is 5.92 Å². The van der Waals surface area contributed by atoms with Crippen LogP contribution in [0.1, 0.15) is 30.6 Å². The number of nitrogens with one attached hydrogen (secondary N) is 2. The first-order chi connectivity index (χ1) is 15.2. The normalized spacial score (nSPS) is 16.0. The zero-order chi connectivity index (χ0) is 23.1. The SMILES string of the molecule is CC(C)CC(CNC(=O)c1cccc(S(=O)(=O)Nc2cccc(Cl)c2)c1)N1CCOCC1. The van der Waals surface area contributed by atoms with E-state index in [-0.39, 0.29) is 16.8 Å². The Morgan fingerprint density at radius 2 is 1.84 bits per heavy atom. The van der Waals surface area contributed by atoms with Crippen molar-refractivity contribution in [1.82, 2.24) is 10.2 Å². The highest BCUT2D eigenvalue weighted by Gasteiger charge is 2.23. The van der Waals surface area contributed by atoms with Crippen LogP contribution < -0.4 is 10.0 Å². The second kappa shape index (κ2) is 11.1. The molecule has 1 unspecified atom stereocenters. The van der Waals surface area contributed by atoms with Crippen LogP contribution in [0.5, 0.6) is 0 Å². The minimum absolute atomic E-state index is 0.0111. The van der Waals surface area contributed by atoms with Gasteiger partial charge < -0.3 is 10.1 Å². The minimum atomic E-state index is -3.86. The van der Waals surface area contributed by atoms with Gasteiger partial charge in [-0.15, -0.1) is 0 Å². The number of nitrogens with zero attached hydrogens (tertiary/aromatic N) is 1. The van der Waals surface area contributed by atoms with E-state index < -0.39 is 10.0 Å². The lowest BCUT2D eigenvalue weighted by atomic mass is 10.0. The number of hydrogen-bond donors (Lipinski definition) is 2. The zero-order valence-corrected chi connectivity index (χ0v) is 20.0. The van der Waals surface area contributed by atoms with Gasteiger partial charge >= 0.3 is 0 Å². The van der Waals surface area contributed by atoms with Gasteiger partial charge in [-0.3, -0.25) is 14.4 Å². The van der Waals surface area contributed by atoms with E-state index >= 15 is 0 Å². The number of rotatable bonds is 9. The molecule has 1 atom stereocenters. The number of sulfonamides is 1. The quantitative estimate of drug-likeness (QED) is 0.573. The zero-order valence-electron chi connectivity index (χ0n) is 18.4. The van der Waals surface area contributed by atoms with Crippen LogP contribution in [0, 0.1) is 5.92 Å². The van der Waals surface area contributed by atoms with Gasteiger partial charge in [0.1, 0.15) is 0 Å². The van der Waals surface area contributed by atoms with Crippen molar-refractivity contribution in [2.75, 3.05) is 37.6 Å². The molecule has 3 rings (SSSR count). The van der Waals surface area contributed by atoms with Crippen LogP contribution >= 0.6 is 11.6 Å². The predicted molar refractivity (Wildman–Crippen MR) is 127 cm³/mol. The lowest BCUT2D eigenvalue weighted by Crippen LogP contribution is -2.49. The highest BCUT2D eigenvalue weighted by Crippen LogP contribution is 2.20. The van der Waals surface area contributed by atoms with Crippen molar-refractivity contribution < 1.29 is 17.9 Å². The highest BCUT2D eigenvalue weighted by atomic mass is 35.5. The number of carbonyl (C=O) groups excluding carboxylic acids is 1. The summed E-state index contributed by atoms with van der Waals surface area (Å²) in [6, 6.07) is 12.7. The number of carbonyl (C=O) groups is 1. The molecule has 1 aliphatic rings. The molecule has 0 aromatic heterocycles. The van der Waals surface area contributed by atoms with Crippen molar-refractivity contribution in [3.8, 4) is 0 Å². The van der Waals surface area contributed by atoms with E-state index in [2.05, 4.69) is 28.8 Å². The van der Waals surface area contributed by atoms with E-state index in [1.165, 1.54) is 18.2 Å². The van der Waals surface area contributed by atoms with Gasteiger partial charge in [-0.25, -0.2) is 8.42 Å². The van der Waals surface area contributed by atoms with Crippen LogP contribution in [0.4, 0.5) is 5.69 Å². The van der Waals surface area contributed by atoms with Crippen LogP contribution in [0.3, 0.4) is 0 Å². The molecule has 2 aromatic rings. The Labute approximate surface area is 195 Å². The molecule has 174 valence electrons. The van der Waals surface area contributed by atoms with E-state index in [9.17, 15) is 13.2 Å². The lowest BCUT2D eigenvalue weighted by molar-refractivity contribution is 0.0124. The summed E-state index contributed by atoms with van der Waals surface area (Å²) in [4.78, 5) is 15.2. The Kier molecular flexibility index (Phi) is 8.53. The molecule has 1 amide bonds. The first-order valence-corrected chi connectivity index (χ1v) is 12.6. The first-order valence-electron chi connectivity index (χ1n) is 10.7. The fraction of sp³-hybridized carbons (Fsp3) is 0.435. The number of anilines is 1. The van der Waals surface area contributed by atoms with E-state index in [1.54, 1.807) is 30.3 Å². The second-order valence-corrected chi connectivity index (χ2v) is 10.4. The fourth-order valence-corrected chi connectivity index (χ4v) is 5.02. The summed E-state index contributed by atoms with van der Waals surface area (Å²) in [7, 11) is -3.86. The smallest absolute Gasteiger partial charge is 0.261 e. The molecule has 1 fully saturated rings. The van der Waals surface area contributed by atoms with E-state index in [4.69, 9.17) is 16.3 Å². The van der Waals surface area contributed by atoms with Crippen molar-refractivity contribution in [2.45, 2.75) is 31.2 Å². The molecule has 9 heteroatoms. The van der Waals surface area contributed by atoms with Gasteiger partial charge in [0, 0.05) is 36.3 Å². The summed E-state index contributed by atoms with van der Waals surface area (Å²) < 4.78 is 33.5. The van der Waals surface area contributed by atoms with Crippen LogP contribution in [-0.2, 0) is 14.8 Å². The van der Waals surface area contributed by atoms with Crippen LogP contribution in [0.15, 0.2) is 53.4 Å². The molecule has 7 nitrogen and oxygen atoms in total. The topological polar surface area (TPSA) is 87.7 Å². The summed E-state index contributed by atoms with van der Waals surface area (Å²) in [5, 5.41) is 3.41. The summed E-state index contributed by atoms with van der Waals surface area (Å²) in [5.74, 6) is 0.192. The molecule has 1 saturated heterocycles. The van der Waals surface area contributed by atoms with Crippen LogP contribution in [0.25, 0.3) is 0 Å². The third kappa shape index (κ3) is 6.93. The maximum absolute atomic E-state index is 12.8. The number of morpholine rings is 1. The molecule has 0 aliphatic carbocycles. The Bertz CT molecular complexity index is 1020. The summed E-state index contributed by atoms with van der Waals surface area (Å²) in [6.45, 7) is 7.90.